The van der Waals surface area contributed by atoms with Crippen molar-refractivity contribution in [3.63, 3.8) is 0 Å². The molecule has 0 atom stereocenters. The Morgan fingerprint density at radius 1 is 1.32 bits per heavy atom. The molecule has 0 saturated heterocycles. The number of nitrogens with one attached hydrogen (secondary N) is 1. The van der Waals surface area contributed by atoms with E-state index in [0.29, 0.717) is 28.4 Å². The predicted molar refractivity (Wildman–Crippen MR) is 107 cm³/mol. The normalized spacial score (nSPS) is 14.0. The summed E-state index contributed by atoms with van der Waals surface area (Å²) in [6.07, 6.45) is 2.06. The maximum atomic E-state index is 12.4. The number of carbonyl (C=O) groups is 2. The van der Waals surface area contributed by atoms with Gasteiger partial charge in [-0.2, -0.15) is 0 Å². The van der Waals surface area contributed by atoms with E-state index in [1.807, 2.05) is 26.0 Å². The highest BCUT2D eigenvalue weighted by atomic mass is 16.5. The van der Waals surface area contributed by atoms with Crippen LogP contribution in [0.25, 0.3) is 10.9 Å². The van der Waals surface area contributed by atoms with Gasteiger partial charge in [0.1, 0.15) is 17.9 Å². The van der Waals surface area contributed by atoms with E-state index >= 15 is 0 Å². The number of aryl methyl sites for hydroxylation is 1. The number of hydrogen-bond donors (Lipinski definition) is 2. The molecule has 7 heteroatoms. The quantitative estimate of drug-likeness (QED) is 0.710. The molecule has 1 fully saturated rings. The molecule has 1 aliphatic rings. The summed E-state index contributed by atoms with van der Waals surface area (Å²) in [7, 11) is 0. The maximum Gasteiger partial charge on any atom is 0.342 e. The van der Waals surface area contributed by atoms with E-state index in [0.717, 1.165) is 12.8 Å². The second-order valence-corrected chi connectivity index (χ2v) is 7.78. The number of nitrogen functional groups attached to an aromatic ring is 1. The molecular formula is C21H27N3O4. The average molecular weight is 385 g/mol. The lowest BCUT2D eigenvalue weighted by Gasteiger charge is -2.24. The average Bonchev–Trinajstić information content (AvgIpc) is 3.44. The first-order valence-corrected chi connectivity index (χ1v) is 9.54. The van der Waals surface area contributed by atoms with Crippen molar-refractivity contribution in [2.24, 2.45) is 5.41 Å². The summed E-state index contributed by atoms with van der Waals surface area (Å²) in [5, 5.41) is 3.56. The van der Waals surface area contributed by atoms with Crippen LogP contribution in [0, 0.1) is 12.3 Å². The summed E-state index contributed by atoms with van der Waals surface area (Å²) in [4.78, 5) is 29.2. The van der Waals surface area contributed by atoms with Crippen molar-refractivity contribution in [2.45, 2.75) is 46.6 Å². The lowest BCUT2D eigenvalue weighted by Crippen LogP contribution is -2.41. The van der Waals surface area contributed by atoms with Crippen LogP contribution in [0.4, 0.5) is 5.69 Å². The third-order valence-electron chi connectivity index (χ3n) is 4.79. The number of benzene rings is 1. The minimum absolute atomic E-state index is 0.0376. The van der Waals surface area contributed by atoms with Gasteiger partial charge in [0.05, 0.1) is 34.3 Å². The summed E-state index contributed by atoms with van der Waals surface area (Å²) in [5.41, 5.74) is 7.27. The van der Waals surface area contributed by atoms with E-state index in [2.05, 4.69) is 10.3 Å². The van der Waals surface area contributed by atoms with Crippen LogP contribution in [-0.4, -0.2) is 36.1 Å². The summed E-state index contributed by atoms with van der Waals surface area (Å²) in [5.74, 6) is -0.0596. The zero-order valence-electron chi connectivity index (χ0n) is 16.8. The van der Waals surface area contributed by atoms with Crippen molar-refractivity contribution >= 4 is 28.5 Å². The van der Waals surface area contributed by atoms with E-state index in [1.165, 1.54) is 0 Å². The molecule has 28 heavy (non-hydrogen) atoms. The molecule has 3 N–H and O–H groups in total. The minimum atomic E-state index is -0.707. The molecular weight excluding hydrogens is 358 g/mol. The largest absolute Gasteiger partial charge is 0.492 e. The molecule has 1 heterocycles. The van der Waals surface area contributed by atoms with Crippen molar-refractivity contribution in [1.29, 1.82) is 0 Å². The van der Waals surface area contributed by atoms with Gasteiger partial charge in [0.25, 0.3) is 0 Å². The predicted octanol–water partition coefficient (Wildman–Crippen LogP) is 2.99. The Hall–Kier alpha value is -2.83. The Morgan fingerprint density at radius 2 is 2.04 bits per heavy atom. The topological polar surface area (TPSA) is 104 Å². The van der Waals surface area contributed by atoms with Gasteiger partial charge in [0.2, 0.25) is 5.91 Å². The van der Waals surface area contributed by atoms with Crippen LogP contribution in [-0.2, 0) is 9.53 Å². The maximum absolute atomic E-state index is 12.4. The molecule has 1 saturated carbocycles. The second kappa shape index (κ2) is 7.66. The fourth-order valence-corrected chi connectivity index (χ4v) is 2.95. The smallest absolute Gasteiger partial charge is 0.342 e. The summed E-state index contributed by atoms with van der Waals surface area (Å²) >= 11 is 0. The van der Waals surface area contributed by atoms with E-state index in [-0.39, 0.29) is 30.4 Å². The Bertz CT molecular complexity index is 919. The monoisotopic (exact) mass is 385 g/mol. The Morgan fingerprint density at radius 3 is 2.68 bits per heavy atom. The highest BCUT2D eigenvalue weighted by molar-refractivity contribution is 6.07. The van der Waals surface area contributed by atoms with Crippen LogP contribution in [0.5, 0.6) is 5.75 Å². The molecule has 1 amide bonds. The Kier molecular flexibility index (Phi) is 5.45. The third-order valence-corrected chi connectivity index (χ3v) is 4.79. The number of carbonyl (C=O) groups excluding carboxylic acids is 2. The van der Waals surface area contributed by atoms with Crippen molar-refractivity contribution < 1.29 is 19.1 Å². The van der Waals surface area contributed by atoms with E-state index in [1.54, 1.807) is 19.9 Å². The Balaban J connectivity index is 1.91. The van der Waals surface area contributed by atoms with Crippen LogP contribution in [0.3, 0.4) is 0 Å². The van der Waals surface area contributed by atoms with Gasteiger partial charge in [-0.15, -0.1) is 0 Å². The second-order valence-electron chi connectivity index (χ2n) is 7.78. The fraction of sp³-hybridized carbons (Fsp3) is 0.476. The fourth-order valence-electron chi connectivity index (χ4n) is 2.95. The molecule has 7 nitrogen and oxygen atoms in total. The molecule has 0 bridgehead atoms. The molecule has 1 aliphatic carbocycles. The zero-order valence-corrected chi connectivity index (χ0v) is 16.8. The molecule has 1 aromatic heterocycles. The number of hydrogen-bond acceptors (Lipinski definition) is 6. The van der Waals surface area contributed by atoms with Crippen LogP contribution < -0.4 is 15.8 Å². The van der Waals surface area contributed by atoms with E-state index in [9.17, 15) is 9.59 Å². The summed E-state index contributed by atoms with van der Waals surface area (Å²) < 4.78 is 11.1. The summed E-state index contributed by atoms with van der Waals surface area (Å²) in [6, 6.07) is 5.68. The van der Waals surface area contributed by atoms with Crippen LogP contribution in [0.15, 0.2) is 18.2 Å². The lowest BCUT2D eigenvalue weighted by molar-refractivity contribution is -0.130. The molecule has 0 aliphatic heterocycles. The number of aromatic nitrogens is 1. The third kappa shape index (κ3) is 4.03. The molecule has 3 rings (SSSR count). The van der Waals surface area contributed by atoms with Crippen LogP contribution in [0.2, 0.25) is 0 Å². The van der Waals surface area contributed by atoms with Gasteiger partial charge in [-0.05, 0) is 52.7 Å². The zero-order chi connectivity index (χ0) is 20.5. The minimum Gasteiger partial charge on any atom is -0.492 e. The van der Waals surface area contributed by atoms with Gasteiger partial charge < -0.3 is 20.5 Å². The van der Waals surface area contributed by atoms with E-state index in [4.69, 9.17) is 15.2 Å². The highest BCUT2D eigenvalue weighted by Crippen LogP contribution is 2.34. The molecule has 1 aromatic carbocycles. The first-order valence-electron chi connectivity index (χ1n) is 9.54. The van der Waals surface area contributed by atoms with Crippen molar-refractivity contribution in [2.75, 3.05) is 18.9 Å². The Labute approximate surface area is 164 Å². The van der Waals surface area contributed by atoms with Crippen LogP contribution >= 0.6 is 0 Å². The number of nitrogens with zero attached hydrogens (tertiary/aromatic N) is 1. The van der Waals surface area contributed by atoms with Gasteiger partial charge in [-0.1, -0.05) is 6.07 Å². The molecule has 2 aromatic rings. The van der Waals surface area contributed by atoms with Gasteiger partial charge in [0, 0.05) is 6.04 Å². The van der Waals surface area contributed by atoms with Gasteiger partial charge in [-0.3, -0.25) is 9.78 Å². The van der Waals surface area contributed by atoms with Gasteiger partial charge in [-0.25, -0.2) is 4.79 Å². The molecule has 0 unspecified atom stereocenters. The van der Waals surface area contributed by atoms with Crippen molar-refractivity contribution in [1.82, 2.24) is 10.3 Å². The number of amides is 1. The molecule has 0 radical (unpaired) electrons. The van der Waals surface area contributed by atoms with Crippen molar-refractivity contribution in [3.05, 3.63) is 29.5 Å². The van der Waals surface area contributed by atoms with Gasteiger partial charge >= 0.3 is 5.97 Å². The van der Waals surface area contributed by atoms with E-state index < -0.39 is 11.4 Å². The standard InChI is InChI=1S/C21H27N3O4/c1-5-27-19(25)16-12(2)23-14-7-6-8-15(17(14)18(16)22)28-11-21(3,4)20(26)24-13-9-10-13/h6-8,13H,5,9-11H2,1-4H3,(H2,22,23)(H,24,26). The van der Waals surface area contributed by atoms with Crippen molar-refractivity contribution in [3.8, 4) is 5.75 Å². The summed E-state index contributed by atoms with van der Waals surface area (Å²) in [6.45, 7) is 7.56. The number of rotatable bonds is 7. The number of anilines is 1. The number of fused-ring (bicyclic) bond motifs is 1. The van der Waals surface area contributed by atoms with Crippen LogP contribution in [0.1, 0.15) is 49.7 Å². The number of pyridine rings is 1. The highest BCUT2D eigenvalue weighted by Gasteiger charge is 2.33. The first kappa shape index (κ1) is 19.9. The molecule has 0 spiro atoms. The molecule has 150 valence electrons. The first-order chi connectivity index (χ1) is 13.2. The SMILES string of the molecule is CCOC(=O)c1c(C)nc2cccc(OCC(C)(C)C(=O)NC3CC3)c2c1N. The number of esters is 1. The number of nitrogens with two attached hydrogens (primary N) is 1. The lowest BCUT2D eigenvalue weighted by atomic mass is 9.93. The number of ether oxygens (including phenoxy) is 2. The van der Waals surface area contributed by atoms with Gasteiger partial charge in [0.15, 0.2) is 0 Å².